The predicted molar refractivity (Wildman–Crippen MR) is 128 cm³/mol. The Hall–Kier alpha value is -2.70. The van der Waals surface area contributed by atoms with Gasteiger partial charge in [-0.15, -0.1) is 11.3 Å². The van der Waals surface area contributed by atoms with Crippen LogP contribution in [0, 0.1) is 13.8 Å². The second-order valence-corrected chi connectivity index (χ2v) is 8.89. The molecule has 0 radical (unpaired) electrons. The molecule has 30 heavy (non-hydrogen) atoms. The molecule has 2 aromatic heterocycles. The Balaban J connectivity index is 1.62. The van der Waals surface area contributed by atoms with Crippen molar-refractivity contribution in [3.63, 3.8) is 0 Å². The highest BCUT2D eigenvalue weighted by atomic mass is 32.2. The number of carbonyl (C=O) groups is 1. The highest BCUT2D eigenvalue weighted by Crippen LogP contribution is 2.38. The van der Waals surface area contributed by atoms with Gasteiger partial charge in [0.1, 0.15) is 16.2 Å². The lowest BCUT2D eigenvalue weighted by Crippen LogP contribution is -2.32. The number of thiophene rings is 1. The van der Waals surface area contributed by atoms with Crippen LogP contribution >= 0.6 is 23.1 Å². The number of para-hydroxylation sites is 1. The first-order valence-corrected chi connectivity index (χ1v) is 11.7. The van der Waals surface area contributed by atoms with Gasteiger partial charge >= 0.3 is 0 Å². The molecule has 6 heteroatoms. The first kappa shape index (κ1) is 20.6. The Labute approximate surface area is 185 Å². The molecule has 2 heterocycles. The van der Waals surface area contributed by atoms with E-state index in [4.69, 9.17) is 0 Å². The SMILES string of the molecule is CCN(C(=O)CSc1ncnc2scc(-c3ccc(C)c(C)c3)c12)c1ccccc1. The molecule has 0 atom stereocenters. The molecule has 0 saturated heterocycles. The van der Waals surface area contributed by atoms with Crippen molar-refractivity contribution in [3.8, 4) is 11.1 Å². The van der Waals surface area contributed by atoms with E-state index in [2.05, 4.69) is 47.4 Å². The normalized spacial score (nSPS) is 11.0. The van der Waals surface area contributed by atoms with Crippen LogP contribution in [0.4, 0.5) is 5.69 Å². The van der Waals surface area contributed by atoms with Gasteiger partial charge in [-0.1, -0.05) is 48.2 Å². The van der Waals surface area contributed by atoms with E-state index in [1.165, 1.54) is 22.9 Å². The summed E-state index contributed by atoms with van der Waals surface area (Å²) in [5, 5.41) is 4.02. The van der Waals surface area contributed by atoms with E-state index in [0.29, 0.717) is 12.3 Å². The molecule has 4 rings (SSSR count). The Morgan fingerprint density at radius 3 is 2.60 bits per heavy atom. The van der Waals surface area contributed by atoms with Crippen molar-refractivity contribution in [2.24, 2.45) is 0 Å². The van der Waals surface area contributed by atoms with E-state index in [1.54, 1.807) is 17.7 Å². The van der Waals surface area contributed by atoms with Gasteiger partial charge in [0, 0.05) is 23.2 Å². The van der Waals surface area contributed by atoms with Crippen molar-refractivity contribution in [2.45, 2.75) is 25.8 Å². The standard InChI is InChI=1S/C24H23N3OS2/c1-4-27(19-8-6-5-7-9-19)21(28)14-30-24-22-20(13-29-23(22)25-15-26-24)18-11-10-16(2)17(3)12-18/h5-13,15H,4,14H2,1-3H3. The summed E-state index contributed by atoms with van der Waals surface area (Å²) in [6.07, 6.45) is 1.59. The van der Waals surface area contributed by atoms with Crippen molar-refractivity contribution < 1.29 is 4.79 Å². The number of carbonyl (C=O) groups excluding carboxylic acids is 1. The highest BCUT2D eigenvalue weighted by molar-refractivity contribution is 8.00. The molecule has 4 nitrogen and oxygen atoms in total. The van der Waals surface area contributed by atoms with Gasteiger partial charge in [-0.05, 0) is 49.6 Å². The minimum Gasteiger partial charge on any atom is -0.312 e. The fourth-order valence-electron chi connectivity index (χ4n) is 3.40. The molecule has 0 N–H and O–H groups in total. The minimum atomic E-state index is 0.0726. The second-order valence-electron chi connectivity index (χ2n) is 7.07. The van der Waals surface area contributed by atoms with Crippen LogP contribution in [0.2, 0.25) is 0 Å². The van der Waals surface area contributed by atoms with Gasteiger partial charge in [0.2, 0.25) is 5.91 Å². The fraction of sp³-hybridized carbons (Fsp3) is 0.208. The molecule has 0 fully saturated rings. The van der Waals surface area contributed by atoms with Crippen molar-refractivity contribution in [1.29, 1.82) is 0 Å². The third kappa shape index (κ3) is 4.11. The number of thioether (sulfide) groups is 1. The molecule has 0 unspecified atom stereocenters. The fourth-order valence-corrected chi connectivity index (χ4v) is 5.27. The summed E-state index contributed by atoms with van der Waals surface area (Å²) in [4.78, 5) is 24.7. The van der Waals surface area contributed by atoms with E-state index < -0.39 is 0 Å². The monoisotopic (exact) mass is 433 g/mol. The zero-order valence-electron chi connectivity index (χ0n) is 17.3. The molecule has 152 valence electrons. The Bertz CT molecular complexity index is 1190. The Morgan fingerprint density at radius 2 is 1.87 bits per heavy atom. The summed E-state index contributed by atoms with van der Waals surface area (Å²) in [7, 11) is 0. The minimum absolute atomic E-state index is 0.0726. The van der Waals surface area contributed by atoms with E-state index in [0.717, 1.165) is 32.1 Å². The molecule has 1 amide bonds. The number of hydrogen-bond acceptors (Lipinski definition) is 5. The first-order chi connectivity index (χ1) is 14.6. The van der Waals surface area contributed by atoms with Crippen molar-refractivity contribution in [1.82, 2.24) is 9.97 Å². The molecule has 4 aromatic rings. The summed E-state index contributed by atoms with van der Waals surface area (Å²) < 4.78 is 0. The lowest BCUT2D eigenvalue weighted by Gasteiger charge is -2.20. The number of benzene rings is 2. The van der Waals surface area contributed by atoms with Crippen LogP contribution in [0.15, 0.2) is 65.3 Å². The van der Waals surface area contributed by atoms with E-state index in [1.807, 2.05) is 42.2 Å². The maximum absolute atomic E-state index is 12.9. The van der Waals surface area contributed by atoms with Crippen LogP contribution in [0.3, 0.4) is 0 Å². The van der Waals surface area contributed by atoms with E-state index in [9.17, 15) is 4.79 Å². The largest absolute Gasteiger partial charge is 0.312 e. The van der Waals surface area contributed by atoms with E-state index >= 15 is 0 Å². The van der Waals surface area contributed by atoms with Gasteiger partial charge in [0.25, 0.3) is 0 Å². The number of aryl methyl sites for hydroxylation is 2. The molecule has 0 bridgehead atoms. The number of aromatic nitrogens is 2. The lowest BCUT2D eigenvalue weighted by atomic mass is 10.0. The van der Waals surface area contributed by atoms with Gasteiger partial charge in [-0.2, -0.15) is 0 Å². The van der Waals surface area contributed by atoms with Crippen LogP contribution in [0.25, 0.3) is 21.3 Å². The quantitative estimate of drug-likeness (QED) is 0.271. The van der Waals surface area contributed by atoms with Gasteiger partial charge in [-0.3, -0.25) is 4.79 Å². The molecular weight excluding hydrogens is 410 g/mol. The number of nitrogens with zero attached hydrogens (tertiary/aromatic N) is 3. The number of fused-ring (bicyclic) bond motifs is 1. The Kier molecular flexibility index (Phi) is 6.16. The number of anilines is 1. The molecule has 0 saturated carbocycles. The topological polar surface area (TPSA) is 46.1 Å². The molecule has 0 aliphatic heterocycles. The number of hydrogen-bond donors (Lipinski definition) is 0. The van der Waals surface area contributed by atoms with Crippen molar-refractivity contribution in [2.75, 3.05) is 17.2 Å². The predicted octanol–water partition coefficient (Wildman–Crippen LogP) is 6.12. The summed E-state index contributed by atoms with van der Waals surface area (Å²) >= 11 is 3.10. The van der Waals surface area contributed by atoms with Crippen LogP contribution in [-0.2, 0) is 4.79 Å². The molecule has 0 spiro atoms. The summed E-state index contributed by atoms with van der Waals surface area (Å²) in [6.45, 7) is 6.87. The maximum atomic E-state index is 12.9. The molecule has 0 aliphatic rings. The third-order valence-corrected chi connectivity index (χ3v) is 7.03. The molecular formula is C24H23N3OS2. The average Bonchev–Trinajstić information content (AvgIpc) is 3.20. The highest BCUT2D eigenvalue weighted by Gasteiger charge is 2.18. The number of amides is 1. The van der Waals surface area contributed by atoms with Gasteiger partial charge < -0.3 is 4.90 Å². The zero-order chi connectivity index (χ0) is 21.1. The zero-order valence-corrected chi connectivity index (χ0v) is 18.9. The lowest BCUT2D eigenvalue weighted by molar-refractivity contribution is -0.116. The second kappa shape index (κ2) is 8.98. The van der Waals surface area contributed by atoms with Crippen molar-refractivity contribution >= 4 is 44.9 Å². The molecule has 2 aromatic carbocycles. The summed E-state index contributed by atoms with van der Waals surface area (Å²) in [5.41, 5.74) is 5.74. The average molecular weight is 434 g/mol. The first-order valence-electron chi connectivity index (χ1n) is 9.86. The third-order valence-electron chi connectivity index (χ3n) is 5.17. The number of rotatable bonds is 6. The van der Waals surface area contributed by atoms with E-state index in [-0.39, 0.29) is 5.91 Å². The molecule has 0 aliphatic carbocycles. The maximum Gasteiger partial charge on any atom is 0.237 e. The van der Waals surface area contributed by atoms with Crippen LogP contribution in [-0.4, -0.2) is 28.2 Å². The van der Waals surface area contributed by atoms with Crippen LogP contribution in [0.1, 0.15) is 18.1 Å². The van der Waals surface area contributed by atoms with Crippen molar-refractivity contribution in [3.05, 3.63) is 71.4 Å². The Morgan fingerprint density at radius 1 is 1.07 bits per heavy atom. The summed E-state index contributed by atoms with van der Waals surface area (Å²) in [5.74, 6) is 0.403. The van der Waals surface area contributed by atoms with Crippen LogP contribution < -0.4 is 4.90 Å². The summed E-state index contributed by atoms with van der Waals surface area (Å²) in [6, 6.07) is 16.3. The van der Waals surface area contributed by atoms with Crippen LogP contribution in [0.5, 0.6) is 0 Å². The smallest absolute Gasteiger partial charge is 0.237 e. The van der Waals surface area contributed by atoms with Gasteiger partial charge in [0.15, 0.2) is 0 Å². The van der Waals surface area contributed by atoms with Gasteiger partial charge in [-0.25, -0.2) is 9.97 Å². The van der Waals surface area contributed by atoms with Gasteiger partial charge in [0.05, 0.1) is 11.1 Å².